The fourth-order valence-corrected chi connectivity index (χ4v) is 4.99. The monoisotopic (exact) mass is 425 g/mol. The summed E-state index contributed by atoms with van der Waals surface area (Å²) in [4.78, 5) is 53.4. The van der Waals surface area contributed by atoms with Crippen LogP contribution in [0.5, 0.6) is 0 Å². The Balaban J connectivity index is 1.26. The van der Waals surface area contributed by atoms with Gasteiger partial charge in [-0.1, -0.05) is 12.1 Å². The summed E-state index contributed by atoms with van der Waals surface area (Å²) in [7, 11) is 0. The van der Waals surface area contributed by atoms with Crippen LogP contribution in [-0.2, 0) is 16.1 Å². The third-order valence-electron chi connectivity index (χ3n) is 6.94. The molecule has 0 saturated carbocycles. The lowest BCUT2D eigenvalue weighted by Gasteiger charge is -2.42. The molecule has 0 bridgehead atoms. The first kappa shape index (κ1) is 20.3. The molecule has 1 unspecified atom stereocenters. The van der Waals surface area contributed by atoms with Crippen LogP contribution in [0.25, 0.3) is 0 Å². The maximum absolute atomic E-state index is 13.2. The van der Waals surface area contributed by atoms with E-state index in [-0.39, 0.29) is 18.7 Å². The lowest BCUT2D eigenvalue weighted by atomic mass is 9.99. The number of benzene rings is 1. The SMILES string of the molecule is O=C1CCC(N2C(=O)c3cccc(CNC4CCN(C5CNC5)CC4)c3C2=O)C(=O)N1. The van der Waals surface area contributed by atoms with E-state index in [1.54, 1.807) is 12.1 Å². The third-order valence-corrected chi connectivity index (χ3v) is 6.94. The zero-order valence-electron chi connectivity index (χ0n) is 17.4. The van der Waals surface area contributed by atoms with Crippen LogP contribution < -0.4 is 16.0 Å². The molecule has 0 spiro atoms. The van der Waals surface area contributed by atoms with Gasteiger partial charge < -0.3 is 10.6 Å². The van der Waals surface area contributed by atoms with Crippen LogP contribution in [0, 0.1) is 0 Å². The van der Waals surface area contributed by atoms with Crippen molar-refractivity contribution in [2.75, 3.05) is 26.2 Å². The molecule has 164 valence electrons. The Kier molecular flexibility index (Phi) is 5.33. The first-order valence-electron chi connectivity index (χ1n) is 11.0. The zero-order valence-corrected chi connectivity index (χ0v) is 17.4. The maximum atomic E-state index is 13.2. The quantitative estimate of drug-likeness (QED) is 0.551. The summed E-state index contributed by atoms with van der Waals surface area (Å²) in [5, 5.41) is 9.11. The first-order valence-corrected chi connectivity index (χ1v) is 11.0. The molecule has 1 aromatic rings. The minimum atomic E-state index is -0.934. The van der Waals surface area contributed by atoms with Gasteiger partial charge >= 0.3 is 0 Å². The summed E-state index contributed by atoms with van der Waals surface area (Å²) >= 11 is 0. The molecule has 4 amide bonds. The second-order valence-corrected chi connectivity index (χ2v) is 8.79. The Morgan fingerprint density at radius 1 is 1.00 bits per heavy atom. The molecule has 4 aliphatic heterocycles. The van der Waals surface area contributed by atoms with Crippen LogP contribution in [0.3, 0.4) is 0 Å². The van der Waals surface area contributed by atoms with Gasteiger partial charge in [0.15, 0.2) is 0 Å². The molecule has 4 aliphatic rings. The Labute approximate surface area is 180 Å². The summed E-state index contributed by atoms with van der Waals surface area (Å²) in [5.74, 6) is -1.86. The second-order valence-electron chi connectivity index (χ2n) is 8.79. The predicted molar refractivity (Wildman–Crippen MR) is 111 cm³/mol. The topological polar surface area (TPSA) is 111 Å². The van der Waals surface area contributed by atoms with E-state index >= 15 is 0 Å². The largest absolute Gasteiger partial charge is 0.314 e. The summed E-state index contributed by atoms with van der Waals surface area (Å²) in [6.45, 7) is 4.79. The van der Waals surface area contributed by atoms with E-state index in [0.717, 1.165) is 49.5 Å². The average Bonchev–Trinajstić information content (AvgIpc) is 2.97. The Morgan fingerprint density at radius 3 is 2.45 bits per heavy atom. The number of rotatable bonds is 5. The minimum Gasteiger partial charge on any atom is -0.314 e. The van der Waals surface area contributed by atoms with Gasteiger partial charge in [-0.3, -0.25) is 34.3 Å². The van der Waals surface area contributed by atoms with Crippen LogP contribution >= 0.6 is 0 Å². The maximum Gasteiger partial charge on any atom is 0.262 e. The van der Waals surface area contributed by atoms with Crippen molar-refractivity contribution in [2.45, 2.75) is 50.4 Å². The first-order chi connectivity index (χ1) is 15.0. The number of amides is 4. The minimum absolute atomic E-state index is 0.119. The lowest BCUT2D eigenvalue weighted by Crippen LogP contribution is -2.59. The van der Waals surface area contributed by atoms with Gasteiger partial charge in [-0.15, -0.1) is 0 Å². The number of imide groups is 2. The number of nitrogens with one attached hydrogen (secondary N) is 3. The molecule has 5 rings (SSSR count). The van der Waals surface area contributed by atoms with Crippen molar-refractivity contribution in [3.8, 4) is 0 Å². The van der Waals surface area contributed by atoms with E-state index < -0.39 is 23.8 Å². The van der Waals surface area contributed by atoms with Gasteiger partial charge in [0.25, 0.3) is 11.8 Å². The molecule has 3 fully saturated rings. The van der Waals surface area contributed by atoms with Crippen LogP contribution in [0.2, 0.25) is 0 Å². The number of fused-ring (bicyclic) bond motifs is 1. The molecule has 1 atom stereocenters. The second kappa shape index (κ2) is 8.14. The number of carbonyl (C=O) groups excluding carboxylic acids is 4. The number of likely N-dealkylation sites (tertiary alicyclic amines) is 1. The standard InChI is InChI=1S/C22H27N5O4/c28-18-5-4-17(20(29)25-18)27-21(30)16-3-1-2-13(19(16)22(27)31)10-24-14-6-8-26(9-7-14)15-11-23-12-15/h1-3,14-15,17,23-24H,4-12H2,(H,25,28,29). The van der Waals surface area contributed by atoms with Crippen molar-refractivity contribution >= 4 is 23.6 Å². The van der Waals surface area contributed by atoms with E-state index in [0.29, 0.717) is 29.8 Å². The van der Waals surface area contributed by atoms with Crippen molar-refractivity contribution in [1.29, 1.82) is 0 Å². The molecule has 0 aliphatic carbocycles. The third kappa shape index (κ3) is 3.66. The van der Waals surface area contributed by atoms with Crippen LogP contribution in [0.1, 0.15) is 52.0 Å². The highest BCUT2D eigenvalue weighted by atomic mass is 16.2. The normalized spacial score (nSPS) is 25.5. The van der Waals surface area contributed by atoms with Crippen molar-refractivity contribution in [3.05, 3.63) is 34.9 Å². The van der Waals surface area contributed by atoms with E-state index in [9.17, 15) is 19.2 Å². The molecule has 0 aromatic heterocycles. The summed E-state index contributed by atoms with van der Waals surface area (Å²) < 4.78 is 0. The highest BCUT2D eigenvalue weighted by molar-refractivity contribution is 6.24. The van der Waals surface area contributed by atoms with Crippen LogP contribution in [0.15, 0.2) is 18.2 Å². The van der Waals surface area contributed by atoms with Gasteiger partial charge in [-0.05, 0) is 30.9 Å². The van der Waals surface area contributed by atoms with Crippen molar-refractivity contribution in [3.63, 3.8) is 0 Å². The van der Waals surface area contributed by atoms with Crippen molar-refractivity contribution in [1.82, 2.24) is 25.8 Å². The molecule has 4 heterocycles. The molecule has 0 radical (unpaired) electrons. The molecule has 9 nitrogen and oxygen atoms in total. The van der Waals surface area contributed by atoms with Crippen molar-refractivity contribution < 1.29 is 19.2 Å². The molecule has 9 heteroatoms. The highest BCUT2D eigenvalue weighted by Crippen LogP contribution is 2.30. The molecule has 31 heavy (non-hydrogen) atoms. The van der Waals surface area contributed by atoms with Crippen LogP contribution in [-0.4, -0.2) is 77.7 Å². The zero-order chi connectivity index (χ0) is 21.5. The smallest absolute Gasteiger partial charge is 0.262 e. The molecular formula is C22H27N5O4. The highest BCUT2D eigenvalue weighted by Gasteiger charge is 2.45. The lowest BCUT2D eigenvalue weighted by molar-refractivity contribution is -0.136. The van der Waals surface area contributed by atoms with Gasteiger partial charge in [-0.2, -0.15) is 0 Å². The predicted octanol–water partition coefficient (Wildman–Crippen LogP) is -0.386. The van der Waals surface area contributed by atoms with E-state index in [1.165, 1.54) is 0 Å². The number of hydrogen-bond donors (Lipinski definition) is 3. The van der Waals surface area contributed by atoms with Gasteiger partial charge in [0, 0.05) is 51.2 Å². The molecule has 3 N–H and O–H groups in total. The fourth-order valence-electron chi connectivity index (χ4n) is 4.99. The van der Waals surface area contributed by atoms with Gasteiger partial charge in [0.2, 0.25) is 11.8 Å². The number of carbonyl (C=O) groups is 4. The molecule has 3 saturated heterocycles. The summed E-state index contributed by atoms with van der Waals surface area (Å²) in [6, 6.07) is 5.38. The van der Waals surface area contributed by atoms with Crippen LogP contribution in [0.4, 0.5) is 0 Å². The molecular weight excluding hydrogens is 398 g/mol. The summed E-state index contributed by atoms with van der Waals surface area (Å²) in [6.07, 6.45) is 2.40. The van der Waals surface area contributed by atoms with E-state index in [1.807, 2.05) is 6.07 Å². The number of hydrogen-bond acceptors (Lipinski definition) is 7. The van der Waals surface area contributed by atoms with E-state index in [4.69, 9.17) is 0 Å². The number of nitrogens with zero attached hydrogens (tertiary/aromatic N) is 2. The summed E-state index contributed by atoms with van der Waals surface area (Å²) in [5.41, 5.74) is 1.49. The van der Waals surface area contributed by atoms with Crippen molar-refractivity contribution in [2.24, 2.45) is 0 Å². The number of piperidine rings is 2. The Morgan fingerprint density at radius 2 is 1.77 bits per heavy atom. The molecule has 1 aromatic carbocycles. The van der Waals surface area contributed by atoms with Gasteiger partial charge in [-0.25, -0.2) is 0 Å². The van der Waals surface area contributed by atoms with Gasteiger partial charge in [0.05, 0.1) is 11.1 Å². The Hall–Kier alpha value is -2.62. The van der Waals surface area contributed by atoms with Gasteiger partial charge in [0.1, 0.15) is 6.04 Å². The fraction of sp³-hybridized carbons (Fsp3) is 0.545. The Bertz CT molecular complexity index is 936. The van der Waals surface area contributed by atoms with E-state index in [2.05, 4.69) is 20.9 Å². The average molecular weight is 425 g/mol.